The molecule has 18 heavy (non-hydrogen) atoms. The standard InChI is InChI=1S/C14H21N3O/c1-18-13-7-11(15)6-12(8-13)16-14-9-17-4-2-10(14)3-5-17/h6-8,10,14,16H,2-5,9,15H2,1H3. The maximum Gasteiger partial charge on any atom is 0.122 e. The maximum absolute atomic E-state index is 5.89. The molecule has 3 aliphatic rings. The second-order valence-electron chi connectivity index (χ2n) is 5.38. The number of nitrogens with one attached hydrogen (secondary N) is 1. The molecule has 1 aromatic carbocycles. The van der Waals surface area contributed by atoms with Gasteiger partial charge in [0.15, 0.2) is 0 Å². The first-order valence-electron chi connectivity index (χ1n) is 6.68. The molecule has 0 aromatic heterocycles. The average Bonchev–Trinajstić information content (AvgIpc) is 2.39. The number of methoxy groups -OCH3 is 1. The van der Waals surface area contributed by atoms with Gasteiger partial charge in [0.25, 0.3) is 0 Å². The number of hydrogen-bond donors (Lipinski definition) is 2. The van der Waals surface area contributed by atoms with Crippen LogP contribution in [-0.2, 0) is 0 Å². The summed E-state index contributed by atoms with van der Waals surface area (Å²) in [5.74, 6) is 1.63. The van der Waals surface area contributed by atoms with Crippen molar-refractivity contribution < 1.29 is 4.74 Å². The number of nitrogens with two attached hydrogens (primary N) is 1. The summed E-state index contributed by atoms with van der Waals surface area (Å²) >= 11 is 0. The van der Waals surface area contributed by atoms with Gasteiger partial charge in [0.2, 0.25) is 0 Å². The highest BCUT2D eigenvalue weighted by Crippen LogP contribution is 2.31. The number of nitrogens with zero attached hydrogens (tertiary/aromatic N) is 1. The highest BCUT2D eigenvalue weighted by Gasteiger charge is 2.33. The highest BCUT2D eigenvalue weighted by molar-refractivity contribution is 5.59. The monoisotopic (exact) mass is 247 g/mol. The smallest absolute Gasteiger partial charge is 0.122 e. The lowest BCUT2D eigenvalue weighted by Gasteiger charge is -2.45. The van der Waals surface area contributed by atoms with Gasteiger partial charge in [-0.2, -0.15) is 0 Å². The van der Waals surface area contributed by atoms with E-state index in [0.29, 0.717) is 6.04 Å². The minimum absolute atomic E-state index is 0.555. The molecule has 1 aromatic rings. The van der Waals surface area contributed by atoms with Gasteiger partial charge in [-0.1, -0.05) is 0 Å². The van der Waals surface area contributed by atoms with Crippen LogP contribution in [0.4, 0.5) is 11.4 Å². The number of benzene rings is 1. The van der Waals surface area contributed by atoms with Gasteiger partial charge < -0.3 is 20.7 Å². The van der Waals surface area contributed by atoms with Crippen molar-refractivity contribution in [2.24, 2.45) is 5.92 Å². The molecule has 4 heteroatoms. The number of ether oxygens (including phenoxy) is 1. The lowest BCUT2D eigenvalue weighted by atomic mass is 9.84. The van der Waals surface area contributed by atoms with E-state index in [1.54, 1.807) is 7.11 Å². The lowest BCUT2D eigenvalue weighted by Crippen LogP contribution is -2.53. The number of fused-ring (bicyclic) bond motifs is 3. The van der Waals surface area contributed by atoms with Crippen molar-refractivity contribution in [2.45, 2.75) is 18.9 Å². The number of nitrogen functional groups attached to an aromatic ring is 1. The summed E-state index contributed by atoms with van der Waals surface area (Å²) in [4.78, 5) is 2.54. The zero-order chi connectivity index (χ0) is 12.5. The number of piperidine rings is 3. The maximum atomic E-state index is 5.89. The fraction of sp³-hybridized carbons (Fsp3) is 0.571. The molecular weight excluding hydrogens is 226 g/mol. The van der Waals surface area contributed by atoms with Crippen LogP contribution in [-0.4, -0.2) is 37.7 Å². The third-order valence-corrected chi connectivity index (χ3v) is 4.17. The summed E-state index contributed by atoms with van der Waals surface area (Å²) in [6.45, 7) is 3.69. The van der Waals surface area contributed by atoms with Gasteiger partial charge in [0, 0.05) is 36.1 Å². The minimum Gasteiger partial charge on any atom is -0.497 e. The Morgan fingerprint density at radius 1 is 1.28 bits per heavy atom. The van der Waals surface area contributed by atoms with Gasteiger partial charge >= 0.3 is 0 Å². The summed E-state index contributed by atoms with van der Waals surface area (Å²) in [6.07, 6.45) is 2.63. The van der Waals surface area contributed by atoms with Crippen molar-refractivity contribution in [1.29, 1.82) is 0 Å². The van der Waals surface area contributed by atoms with Crippen LogP contribution in [0.1, 0.15) is 12.8 Å². The molecule has 0 saturated carbocycles. The lowest BCUT2D eigenvalue weighted by molar-refractivity contribution is 0.0975. The fourth-order valence-electron chi connectivity index (χ4n) is 3.17. The zero-order valence-electron chi connectivity index (χ0n) is 10.9. The molecule has 4 nitrogen and oxygen atoms in total. The molecule has 0 radical (unpaired) electrons. The molecule has 98 valence electrons. The second-order valence-corrected chi connectivity index (χ2v) is 5.38. The molecule has 0 aliphatic carbocycles. The number of hydrogen-bond acceptors (Lipinski definition) is 4. The molecule has 3 N–H and O–H groups in total. The predicted octanol–water partition coefficient (Wildman–Crippen LogP) is 1.78. The Bertz CT molecular complexity index is 427. The van der Waals surface area contributed by atoms with Crippen LogP contribution in [0.2, 0.25) is 0 Å². The molecule has 4 rings (SSSR count). The molecule has 0 spiro atoms. The SMILES string of the molecule is COc1cc(N)cc(NC2CN3CCC2CC3)c1. The normalized spacial score (nSPS) is 30.2. The van der Waals surface area contributed by atoms with Gasteiger partial charge in [-0.3, -0.25) is 0 Å². The number of rotatable bonds is 3. The van der Waals surface area contributed by atoms with Gasteiger partial charge in [-0.05, 0) is 37.9 Å². The first-order chi connectivity index (χ1) is 8.74. The summed E-state index contributed by atoms with van der Waals surface area (Å²) < 4.78 is 5.26. The fourth-order valence-corrected chi connectivity index (χ4v) is 3.17. The van der Waals surface area contributed by atoms with Crippen LogP contribution < -0.4 is 15.8 Å². The summed E-state index contributed by atoms with van der Waals surface area (Å²) in [5, 5.41) is 3.63. The van der Waals surface area contributed by atoms with Crippen LogP contribution >= 0.6 is 0 Å². The summed E-state index contributed by atoms with van der Waals surface area (Å²) in [7, 11) is 1.67. The van der Waals surface area contributed by atoms with E-state index in [2.05, 4.69) is 10.2 Å². The molecule has 3 aliphatic heterocycles. The molecule has 1 unspecified atom stereocenters. The molecule has 3 saturated heterocycles. The summed E-state index contributed by atoms with van der Waals surface area (Å²) in [6, 6.07) is 6.41. The second kappa shape index (κ2) is 4.69. The van der Waals surface area contributed by atoms with Gasteiger partial charge in [0.1, 0.15) is 5.75 Å². The van der Waals surface area contributed by atoms with Crippen molar-refractivity contribution >= 4 is 11.4 Å². The molecule has 0 amide bonds. The van der Waals surface area contributed by atoms with E-state index in [1.165, 1.54) is 25.9 Å². The Hall–Kier alpha value is -1.42. The van der Waals surface area contributed by atoms with Gasteiger partial charge in [0.05, 0.1) is 7.11 Å². The van der Waals surface area contributed by atoms with Crippen molar-refractivity contribution in [3.8, 4) is 5.75 Å². The third-order valence-electron chi connectivity index (χ3n) is 4.17. The first kappa shape index (κ1) is 11.7. The summed E-state index contributed by atoms with van der Waals surface area (Å²) in [5.41, 5.74) is 7.71. The quantitative estimate of drug-likeness (QED) is 0.799. The molecule has 3 heterocycles. The van der Waals surface area contributed by atoms with Crippen molar-refractivity contribution in [1.82, 2.24) is 4.90 Å². The van der Waals surface area contributed by atoms with Crippen LogP contribution in [0.15, 0.2) is 18.2 Å². The number of anilines is 2. The Balaban J connectivity index is 1.74. The molecule has 1 atom stereocenters. The van der Waals surface area contributed by atoms with E-state index in [4.69, 9.17) is 10.5 Å². The van der Waals surface area contributed by atoms with Crippen LogP contribution in [0.25, 0.3) is 0 Å². The Morgan fingerprint density at radius 2 is 2.06 bits per heavy atom. The van der Waals surface area contributed by atoms with Crippen molar-refractivity contribution in [3.05, 3.63) is 18.2 Å². The topological polar surface area (TPSA) is 50.5 Å². The van der Waals surface area contributed by atoms with Gasteiger partial charge in [-0.25, -0.2) is 0 Å². The Kier molecular flexibility index (Phi) is 3.04. The molecule has 3 fully saturated rings. The van der Waals surface area contributed by atoms with Crippen LogP contribution in [0, 0.1) is 5.92 Å². The van der Waals surface area contributed by atoms with Gasteiger partial charge in [-0.15, -0.1) is 0 Å². The van der Waals surface area contributed by atoms with E-state index < -0.39 is 0 Å². The van der Waals surface area contributed by atoms with E-state index in [0.717, 1.165) is 29.6 Å². The zero-order valence-corrected chi connectivity index (χ0v) is 10.9. The average molecular weight is 247 g/mol. The van der Waals surface area contributed by atoms with E-state index in [9.17, 15) is 0 Å². The predicted molar refractivity (Wildman–Crippen MR) is 74.0 cm³/mol. The Labute approximate surface area is 108 Å². The van der Waals surface area contributed by atoms with E-state index >= 15 is 0 Å². The van der Waals surface area contributed by atoms with Crippen LogP contribution in [0.5, 0.6) is 5.75 Å². The first-order valence-corrected chi connectivity index (χ1v) is 6.68. The molecular formula is C14H21N3O. The molecule has 2 bridgehead atoms. The largest absolute Gasteiger partial charge is 0.497 e. The van der Waals surface area contributed by atoms with Crippen LogP contribution in [0.3, 0.4) is 0 Å². The highest BCUT2D eigenvalue weighted by atomic mass is 16.5. The Morgan fingerprint density at radius 3 is 2.67 bits per heavy atom. The van der Waals surface area contributed by atoms with E-state index in [1.807, 2.05) is 18.2 Å². The third kappa shape index (κ3) is 2.25. The van der Waals surface area contributed by atoms with E-state index in [-0.39, 0.29) is 0 Å². The van der Waals surface area contributed by atoms with Crippen molar-refractivity contribution in [3.63, 3.8) is 0 Å². The van der Waals surface area contributed by atoms with Crippen molar-refractivity contribution in [2.75, 3.05) is 37.8 Å². The minimum atomic E-state index is 0.555.